The molecule has 0 radical (unpaired) electrons. The van der Waals surface area contributed by atoms with Gasteiger partial charge in [0.25, 0.3) is 0 Å². The van der Waals surface area contributed by atoms with Crippen molar-refractivity contribution in [3.05, 3.63) is 46.4 Å². The maximum atomic E-state index is 12.8. The zero-order valence-electron chi connectivity index (χ0n) is 16.0. The second-order valence-corrected chi connectivity index (χ2v) is 7.62. The molecule has 0 saturated carbocycles. The molecule has 0 aromatic carbocycles. The smallest absolute Gasteiger partial charge is 0.353 e. The average molecular weight is 425 g/mol. The van der Waals surface area contributed by atoms with Gasteiger partial charge in [-0.15, -0.1) is 0 Å². The third-order valence-electron chi connectivity index (χ3n) is 5.15. The lowest BCUT2D eigenvalue weighted by molar-refractivity contribution is -0.137. The predicted octanol–water partition coefficient (Wildman–Crippen LogP) is 3.67. The first-order chi connectivity index (χ1) is 13.7. The standard InChI is InChI=1S/C19H20ClF3N6/c1-12-15-7-13(9-24-17(15)27(2)26-12)11-28-3-5-29(6-4-28)18-16(20)8-14(10-25-18)19(21,22)23/h7-10H,3-6,11H2,1-2H3. The lowest BCUT2D eigenvalue weighted by atomic mass is 10.2. The van der Waals surface area contributed by atoms with Gasteiger partial charge in [0, 0.05) is 57.6 Å². The molecule has 0 bridgehead atoms. The summed E-state index contributed by atoms with van der Waals surface area (Å²) in [7, 11) is 1.88. The summed E-state index contributed by atoms with van der Waals surface area (Å²) in [4.78, 5) is 12.7. The van der Waals surface area contributed by atoms with Crippen molar-refractivity contribution < 1.29 is 13.2 Å². The molecule has 1 aliphatic heterocycles. The Morgan fingerprint density at radius 3 is 2.45 bits per heavy atom. The highest BCUT2D eigenvalue weighted by Gasteiger charge is 2.32. The Morgan fingerprint density at radius 2 is 1.79 bits per heavy atom. The Morgan fingerprint density at radius 1 is 1.07 bits per heavy atom. The number of anilines is 1. The molecule has 1 saturated heterocycles. The van der Waals surface area contributed by atoms with Crippen LogP contribution in [-0.4, -0.2) is 50.8 Å². The molecule has 1 aliphatic rings. The molecule has 1 fully saturated rings. The monoisotopic (exact) mass is 424 g/mol. The number of hydrogen-bond acceptors (Lipinski definition) is 5. The van der Waals surface area contributed by atoms with Crippen LogP contribution in [0.2, 0.25) is 5.02 Å². The van der Waals surface area contributed by atoms with Crippen LogP contribution in [0.4, 0.5) is 19.0 Å². The van der Waals surface area contributed by atoms with E-state index in [9.17, 15) is 13.2 Å². The van der Waals surface area contributed by atoms with Crippen molar-refractivity contribution in [3.63, 3.8) is 0 Å². The van der Waals surface area contributed by atoms with E-state index in [-0.39, 0.29) is 5.02 Å². The van der Waals surface area contributed by atoms with E-state index >= 15 is 0 Å². The molecule has 154 valence electrons. The lowest BCUT2D eigenvalue weighted by Gasteiger charge is -2.35. The topological polar surface area (TPSA) is 50.1 Å². The van der Waals surface area contributed by atoms with Crippen LogP contribution in [0.1, 0.15) is 16.8 Å². The van der Waals surface area contributed by atoms with E-state index in [1.54, 1.807) is 4.68 Å². The van der Waals surface area contributed by atoms with E-state index in [2.05, 4.69) is 26.0 Å². The van der Waals surface area contributed by atoms with E-state index in [1.807, 2.05) is 25.1 Å². The first-order valence-electron chi connectivity index (χ1n) is 9.20. The molecular formula is C19H20ClF3N6. The molecule has 6 nitrogen and oxygen atoms in total. The van der Waals surface area contributed by atoms with Crippen LogP contribution in [0.3, 0.4) is 0 Å². The summed E-state index contributed by atoms with van der Waals surface area (Å²) >= 11 is 6.07. The van der Waals surface area contributed by atoms with Gasteiger partial charge in [-0.05, 0) is 24.6 Å². The molecule has 0 N–H and O–H groups in total. The summed E-state index contributed by atoms with van der Waals surface area (Å²) in [6.45, 7) is 5.50. The summed E-state index contributed by atoms with van der Waals surface area (Å²) < 4.78 is 40.2. The molecule has 4 rings (SSSR count). The Balaban J connectivity index is 1.41. The first-order valence-corrected chi connectivity index (χ1v) is 9.58. The number of hydrogen-bond donors (Lipinski definition) is 0. The molecule has 0 atom stereocenters. The van der Waals surface area contributed by atoms with Crippen LogP contribution in [0.25, 0.3) is 11.0 Å². The van der Waals surface area contributed by atoms with Crippen molar-refractivity contribution in [1.82, 2.24) is 24.6 Å². The second-order valence-electron chi connectivity index (χ2n) is 7.21. The van der Waals surface area contributed by atoms with Crippen molar-refractivity contribution in [1.29, 1.82) is 0 Å². The molecule has 3 aromatic rings. The molecule has 10 heteroatoms. The van der Waals surface area contributed by atoms with Crippen LogP contribution < -0.4 is 4.90 Å². The number of fused-ring (bicyclic) bond motifs is 1. The van der Waals surface area contributed by atoms with Crippen molar-refractivity contribution in [2.45, 2.75) is 19.6 Å². The van der Waals surface area contributed by atoms with Crippen molar-refractivity contribution in [3.8, 4) is 0 Å². The Labute approximate surface area is 170 Å². The van der Waals surface area contributed by atoms with Gasteiger partial charge >= 0.3 is 6.18 Å². The van der Waals surface area contributed by atoms with Crippen molar-refractivity contribution in [2.24, 2.45) is 7.05 Å². The van der Waals surface area contributed by atoms with Gasteiger partial charge in [0.05, 0.1) is 16.3 Å². The minimum atomic E-state index is -4.45. The average Bonchev–Trinajstić information content (AvgIpc) is 2.95. The van der Waals surface area contributed by atoms with Gasteiger partial charge in [0.1, 0.15) is 5.82 Å². The molecule has 0 unspecified atom stereocenters. The minimum absolute atomic E-state index is 0.0231. The quantitative estimate of drug-likeness (QED) is 0.642. The van der Waals surface area contributed by atoms with Crippen molar-refractivity contribution >= 4 is 28.5 Å². The van der Waals surface area contributed by atoms with E-state index in [1.165, 1.54) is 0 Å². The van der Waals surface area contributed by atoms with Gasteiger partial charge in [0.15, 0.2) is 5.65 Å². The Bertz CT molecular complexity index is 1040. The molecule has 3 aromatic heterocycles. The number of aromatic nitrogens is 4. The molecule has 4 heterocycles. The maximum absolute atomic E-state index is 12.8. The normalized spacial score (nSPS) is 16.0. The van der Waals surface area contributed by atoms with Crippen LogP contribution in [0.5, 0.6) is 0 Å². The highest BCUT2D eigenvalue weighted by molar-refractivity contribution is 6.33. The largest absolute Gasteiger partial charge is 0.417 e. The second kappa shape index (κ2) is 7.46. The molecular weight excluding hydrogens is 405 g/mol. The zero-order chi connectivity index (χ0) is 20.8. The maximum Gasteiger partial charge on any atom is 0.417 e. The SMILES string of the molecule is Cc1nn(C)c2ncc(CN3CCN(c4ncc(C(F)(F)F)cc4Cl)CC3)cc12. The summed E-state index contributed by atoms with van der Waals surface area (Å²) in [6, 6.07) is 3.05. The fourth-order valence-electron chi connectivity index (χ4n) is 3.63. The highest BCUT2D eigenvalue weighted by atomic mass is 35.5. The van der Waals surface area contributed by atoms with E-state index in [0.717, 1.165) is 54.2 Å². The lowest BCUT2D eigenvalue weighted by Crippen LogP contribution is -2.46. The summed E-state index contributed by atoms with van der Waals surface area (Å²) in [5.41, 5.74) is 2.08. The number of aryl methyl sites for hydroxylation is 2. The van der Waals surface area contributed by atoms with Gasteiger partial charge in [-0.1, -0.05) is 11.6 Å². The first kappa shape index (κ1) is 19.9. The summed E-state index contributed by atoms with van der Waals surface area (Å²) in [5.74, 6) is 0.397. The summed E-state index contributed by atoms with van der Waals surface area (Å²) in [5, 5.41) is 5.46. The highest BCUT2D eigenvalue weighted by Crippen LogP contribution is 2.33. The minimum Gasteiger partial charge on any atom is -0.353 e. The van der Waals surface area contributed by atoms with Crippen LogP contribution in [0.15, 0.2) is 24.5 Å². The van der Waals surface area contributed by atoms with Gasteiger partial charge < -0.3 is 4.90 Å². The van der Waals surface area contributed by atoms with Crippen LogP contribution in [0, 0.1) is 6.92 Å². The van der Waals surface area contributed by atoms with Gasteiger partial charge in [-0.25, -0.2) is 9.97 Å². The van der Waals surface area contributed by atoms with E-state index < -0.39 is 11.7 Å². The number of piperazine rings is 1. The zero-order valence-corrected chi connectivity index (χ0v) is 16.8. The number of nitrogens with zero attached hydrogens (tertiary/aromatic N) is 6. The van der Waals surface area contributed by atoms with Crippen LogP contribution in [-0.2, 0) is 19.8 Å². The van der Waals surface area contributed by atoms with Crippen LogP contribution >= 0.6 is 11.6 Å². The molecule has 0 spiro atoms. The van der Waals surface area contributed by atoms with E-state index in [4.69, 9.17) is 11.6 Å². The van der Waals surface area contributed by atoms with Gasteiger partial charge in [0.2, 0.25) is 0 Å². The third kappa shape index (κ3) is 4.02. The van der Waals surface area contributed by atoms with E-state index in [0.29, 0.717) is 18.9 Å². The molecule has 0 aliphatic carbocycles. The molecule has 29 heavy (non-hydrogen) atoms. The fraction of sp³-hybridized carbons (Fsp3) is 0.421. The fourth-order valence-corrected chi connectivity index (χ4v) is 3.92. The number of halogens is 4. The molecule has 0 amide bonds. The third-order valence-corrected chi connectivity index (χ3v) is 5.42. The summed E-state index contributed by atoms with van der Waals surface area (Å²) in [6.07, 6.45) is -1.75. The Kier molecular flexibility index (Phi) is 5.12. The van der Waals surface area contributed by atoms with Crippen molar-refractivity contribution in [2.75, 3.05) is 31.1 Å². The number of rotatable bonds is 3. The number of pyridine rings is 2. The van der Waals surface area contributed by atoms with Gasteiger partial charge in [-0.2, -0.15) is 18.3 Å². The predicted molar refractivity (Wildman–Crippen MR) is 105 cm³/mol. The number of alkyl halides is 3. The Hall–Kier alpha value is -2.39. The van der Waals surface area contributed by atoms with Gasteiger partial charge in [-0.3, -0.25) is 9.58 Å².